The van der Waals surface area contributed by atoms with Crippen molar-refractivity contribution in [1.29, 1.82) is 0 Å². The molecule has 27 heavy (non-hydrogen) atoms. The van der Waals surface area contributed by atoms with Gasteiger partial charge in [0, 0.05) is 49.3 Å². The highest BCUT2D eigenvalue weighted by Gasteiger charge is 2.36. The summed E-state index contributed by atoms with van der Waals surface area (Å²) < 4.78 is 2.29. The van der Waals surface area contributed by atoms with E-state index in [9.17, 15) is 4.79 Å². The Bertz CT molecular complexity index is 919. The first kappa shape index (κ1) is 18.1. The van der Waals surface area contributed by atoms with E-state index in [1.54, 1.807) is 0 Å². The number of likely N-dealkylation sites (N-methyl/N-ethyl adjacent to an activating group) is 1. The second kappa shape index (κ2) is 7.01. The summed E-state index contributed by atoms with van der Waals surface area (Å²) in [5.41, 5.74) is 5.29. The van der Waals surface area contributed by atoms with Crippen molar-refractivity contribution in [3.05, 3.63) is 54.3 Å². The van der Waals surface area contributed by atoms with Crippen molar-refractivity contribution < 1.29 is 4.79 Å². The van der Waals surface area contributed by atoms with E-state index in [1.165, 1.54) is 27.6 Å². The SMILES string of the molecule is C=CCn1cc2c3c(cccc31)C1=CC(C(=O)N(CC)CC)CN(C)[C@H]1C2. The fraction of sp³-hybridized carbons (Fsp3) is 0.435. The Kier molecular flexibility index (Phi) is 4.68. The lowest BCUT2D eigenvalue weighted by atomic mass is 9.79. The minimum atomic E-state index is -0.0618. The zero-order valence-electron chi connectivity index (χ0n) is 16.6. The largest absolute Gasteiger partial charge is 0.343 e. The molecule has 4 rings (SSSR count). The molecule has 1 aromatic heterocycles. The van der Waals surface area contributed by atoms with Gasteiger partial charge in [-0.05, 0) is 50.1 Å². The molecule has 1 amide bonds. The average Bonchev–Trinajstić information content (AvgIpc) is 3.02. The van der Waals surface area contributed by atoms with Gasteiger partial charge in [0.05, 0.1) is 5.92 Å². The summed E-state index contributed by atoms with van der Waals surface area (Å²) in [6, 6.07) is 6.90. The van der Waals surface area contributed by atoms with Crippen molar-refractivity contribution >= 4 is 22.4 Å². The van der Waals surface area contributed by atoms with Crippen molar-refractivity contribution in [3.8, 4) is 0 Å². The van der Waals surface area contributed by atoms with Gasteiger partial charge in [-0.1, -0.05) is 24.3 Å². The van der Waals surface area contributed by atoms with Crippen LogP contribution in [0.15, 0.2) is 43.1 Å². The predicted molar refractivity (Wildman–Crippen MR) is 112 cm³/mol. The third kappa shape index (κ3) is 2.83. The summed E-state index contributed by atoms with van der Waals surface area (Å²) in [5.74, 6) is 0.188. The van der Waals surface area contributed by atoms with Crippen molar-refractivity contribution in [2.24, 2.45) is 5.92 Å². The molecule has 0 radical (unpaired) electrons. The molecule has 1 aliphatic carbocycles. The van der Waals surface area contributed by atoms with Gasteiger partial charge >= 0.3 is 0 Å². The molecule has 2 aliphatic rings. The Morgan fingerprint density at radius 2 is 2.11 bits per heavy atom. The van der Waals surface area contributed by atoms with Crippen LogP contribution in [0.4, 0.5) is 0 Å². The Labute approximate surface area is 161 Å². The average molecular weight is 364 g/mol. The molecule has 0 saturated heterocycles. The molecule has 1 unspecified atom stereocenters. The van der Waals surface area contributed by atoms with E-state index < -0.39 is 0 Å². The molecule has 142 valence electrons. The summed E-state index contributed by atoms with van der Waals surface area (Å²) in [6.45, 7) is 11.2. The first-order valence-electron chi connectivity index (χ1n) is 10.0. The van der Waals surface area contributed by atoms with Gasteiger partial charge in [-0.3, -0.25) is 9.69 Å². The third-order valence-electron chi connectivity index (χ3n) is 6.18. The minimum Gasteiger partial charge on any atom is -0.343 e. The van der Waals surface area contributed by atoms with Gasteiger partial charge < -0.3 is 9.47 Å². The molecule has 0 bridgehead atoms. The molecular weight excluding hydrogens is 334 g/mol. The molecule has 0 fully saturated rings. The lowest BCUT2D eigenvalue weighted by Gasteiger charge is -2.40. The van der Waals surface area contributed by atoms with Crippen molar-refractivity contribution in [2.75, 3.05) is 26.7 Å². The molecule has 2 atom stereocenters. The van der Waals surface area contributed by atoms with E-state index in [0.29, 0.717) is 6.04 Å². The maximum Gasteiger partial charge on any atom is 0.230 e. The van der Waals surface area contributed by atoms with Crippen molar-refractivity contribution in [1.82, 2.24) is 14.4 Å². The Morgan fingerprint density at radius 1 is 1.33 bits per heavy atom. The Balaban J connectivity index is 1.82. The fourth-order valence-corrected chi connectivity index (χ4v) is 4.84. The summed E-state index contributed by atoms with van der Waals surface area (Å²) >= 11 is 0. The highest BCUT2D eigenvalue weighted by Crippen LogP contribution is 2.41. The van der Waals surface area contributed by atoms with Gasteiger partial charge in [0.25, 0.3) is 0 Å². The maximum absolute atomic E-state index is 13.0. The maximum atomic E-state index is 13.0. The monoisotopic (exact) mass is 363 g/mol. The fourth-order valence-electron chi connectivity index (χ4n) is 4.84. The third-order valence-corrected chi connectivity index (χ3v) is 6.18. The number of benzene rings is 1. The quantitative estimate of drug-likeness (QED) is 0.760. The molecule has 4 nitrogen and oxygen atoms in total. The number of hydrogen-bond acceptors (Lipinski definition) is 2. The summed E-state index contributed by atoms with van der Waals surface area (Å²) in [6.07, 6.45) is 7.50. The Morgan fingerprint density at radius 3 is 2.81 bits per heavy atom. The number of rotatable bonds is 5. The zero-order chi connectivity index (χ0) is 19.1. The van der Waals surface area contributed by atoms with Crippen molar-refractivity contribution in [3.63, 3.8) is 0 Å². The van der Waals surface area contributed by atoms with Gasteiger partial charge in [0.1, 0.15) is 0 Å². The number of hydrogen-bond donors (Lipinski definition) is 0. The molecule has 1 aliphatic heterocycles. The van der Waals surface area contributed by atoms with E-state index in [2.05, 4.69) is 67.4 Å². The minimum absolute atomic E-state index is 0.0618. The number of aromatic nitrogens is 1. The smallest absolute Gasteiger partial charge is 0.230 e. The molecule has 0 spiro atoms. The van der Waals surface area contributed by atoms with Gasteiger partial charge in [-0.25, -0.2) is 0 Å². The van der Waals surface area contributed by atoms with E-state index >= 15 is 0 Å². The first-order valence-corrected chi connectivity index (χ1v) is 10.0. The summed E-state index contributed by atoms with van der Waals surface area (Å²) in [4.78, 5) is 17.3. The van der Waals surface area contributed by atoms with Crippen LogP contribution in [0.1, 0.15) is 25.0 Å². The van der Waals surface area contributed by atoms with E-state index in [0.717, 1.165) is 32.6 Å². The lowest BCUT2D eigenvalue weighted by Crippen LogP contribution is -2.47. The van der Waals surface area contributed by atoms with Crippen LogP contribution in [-0.2, 0) is 17.8 Å². The van der Waals surface area contributed by atoms with E-state index in [-0.39, 0.29) is 11.8 Å². The molecule has 2 aromatic rings. The van der Waals surface area contributed by atoms with Gasteiger partial charge in [0.15, 0.2) is 0 Å². The standard InChI is InChI=1S/C23H29N3O/c1-5-11-26-15-16-13-21-19(18-9-8-10-20(26)22(16)18)12-17(14-24(21)4)23(27)25(6-2)7-3/h5,8-10,12,15,17,21H,1,6-7,11,13-14H2,2-4H3/t17?,21-/m0/s1. The van der Waals surface area contributed by atoms with Crippen LogP contribution in [0, 0.1) is 5.92 Å². The van der Waals surface area contributed by atoms with Crippen LogP contribution < -0.4 is 0 Å². The molecule has 0 saturated carbocycles. The first-order chi connectivity index (χ1) is 13.1. The lowest BCUT2D eigenvalue weighted by molar-refractivity contribution is -0.134. The van der Waals surface area contributed by atoms with Gasteiger partial charge in [-0.2, -0.15) is 0 Å². The van der Waals surface area contributed by atoms with Crippen LogP contribution in [0.3, 0.4) is 0 Å². The second-order valence-corrected chi connectivity index (χ2v) is 7.69. The van der Waals surface area contributed by atoms with Crippen LogP contribution >= 0.6 is 0 Å². The van der Waals surface area contributed by atoms with Crippen molar-refractivity contribution in [2.45, 2.75) is 32.9 Å². The molecule has 1 aromatic carbocycles. The van der Waals surface area contributed by atoms with Gasteiger partial charge in [0.2, 0.25) is 5.91 Å². The van der Waals surface area contributed by atoms with Crippen LogP contribution in [-0.4, -0.2) is 53.0 Å². The zero-order valence-corrected chi connectivity index (χ0v) is 16.6. The van der Waals surface area contributed by atoms with E-state index in [1.807, 2.05) is 11.0 Å². The number of amides is 1. The summed E-state index contributed by atoms with van der Waals surface area (Å²) in [7, 11) is 2.16. The Hall–Kier alpha value is -2.33. The molecule has 0 N–H and O–H groups in total. The van der Waals surface area contributed by atoms with Crippen LogP contribution in [0.5, 0.6) is 0 Å². The summed E-state index contributed by atoms with van der Waals surface area (Å²) in [5, 5.41) is 1.35. The molecular formula is C23H29N3O. The topological polar surface area (TPSA) is 28.5 Å². The highest BCUT2D eigenvalue weighted by molar-refractivity contribution is 5.99. The number of nitrogens with zero attached hydrogens (tertiary/aromatic N) is 3. The van der Waals surface area contributed by atoms with E-state index in [4.69, 9.17) is 0 Å². The van der Waals surface area contributed by atoms with Gasteiger partial charge in [-0.15, -0.1) is 6.58 Å². The number of carbonyl (C=O) groups is 1. The number of allylic oxidation sites excluding steroid dienone is 1. The van der Waals surface area contributed by atoms with Crippen LogP contribution in [0.25, 0.3) is 16.5 Å². The predicted octanol–water partition coefficient (Wildman–Crippen LogP) is 3.57. The van der Waals surface area contributed by atoms with Crippen LogP contribution in [0.2, 0.25) is 0 Å². The number of fused-ring (bicyclic) bond motifs is 2. The number of carbonyl (C=O) groups excluding carboxylic acids is 1. The normalized spacial score (nSPS) is 21.7. The second-order valence-electron chi connectivity index (χ2n) is 7.69. The molecule has 4 heteroatoms. The molecule has 2 heterocycles. The highest BCUT2D eigenvalue weighted by atomic mass is 16.2.